The first-order chi connectivity index (χ1) is 14.8. The summed E-state index contributed by atoms with van der Waals surface area (Å²) in [7, 11) is 0. The van der Waals surface area contributed by atoms with E-state index in [0.717, 1.165) is 5.56 Å². The molecule has 0 aromatic heterocycles. The lowest BCUT2D eigenvalue weighted by Gasteiger charge is -2.30. The van der Waals surface area contributed by atoms with Gasteiger partial charge < -0.3 is 4.90 Å². The van der Waals surface area contributed by atoms with Crippen LogP contribution in [0.3, 0.4) is 0 Å². The normalized spacial score (nSPS) is 15.2. The third-order valence-electron chi connectivity index (χ3n) is 4.74. The Hall–Kier alpha value is -2.93. The minimum atomic E-state index is -0.388. The molecule has 2 aromatic rings. The van der Waals surface area contributed by atoms with Crippen molar-refractivity contribution in [2.75, 3.05) is 10.7 Å². The molecule has 7 heteroatoms. The number of aliphatic imine (C=N–C) groups is 1. The predicted octanol–water partition coefficient (Wildman–Crippen LogP) is 4.95. The molecule has 0 spiro atoms. The van der Waals surface area contributed by atoms with Gasteiger partial charge in [-0.2, -0.15) is 0 Å². The number of halogens is 1. The molecule has 0 saturated heterocycles. The van der Waals surface area contributed by atoms with Crippen LogP contribution in [0.4, 0.5) is 10.1 Å². The number of hydrogen-bond acceptors (Lipinski definition) is 4. The average molecular weight is 440 g/mol. The van der Waals surface area contributed by atoms with Crippen LogP contribution in [0.25, 0.3) is 6.08 Å². The predicted molar refractivity (Wildman–Crippen MR) is 125 cm³/mol. The molecular weight excluding hydrogens is 413 g/mol. The van der Waals surface area contributed by atoms with Crippen molar-refractivity contribution in [2.24, 2.45) is 4.99 Å². The van der Waals surface area contributed by atoms with Gasteiger partial charge in [0.1, 0.15) is 11.5 Å². The van der Waals surface area contributed by atoms with Crippen molar-refractivity contribution >= 4 is 40.5 Å². The summed E-state index contributed by atoms with van der Waals surface area (Å²) in [5.41, 5.74) is 1.63. The van der Waals surface area contributed by atoms with Gasteiger partial charge in [0.15, 0.2) is 5.17 Å². The molecule has 1 aliphatic heterocycles. The summed E-state index contributed by atoms with van der Waals surface area (Å²) in [5, 5.41) is 0.402. The Balaban J connectivity index is 1.89. The van der Waals surface area contributed by atoms with E-state index in [-0.39, 0.29) is 41.2 Å². The minimum Gasteiger partial charge on any atom is -0.337 e. The molecule has 0 bridgehead atoms. The maximum atomic E-state index is 13.4. The summed E-state index contributed by atoms with van der Waals surface area (Å²) in [4.78, 5) is 33.7. The molecule has 0 aliphatic carbocycles. The molecule has 2 amide bonds. The van der Waals surface area contributed by atoms with E-state index in [0.29, 0.717) is 10.9 Å². The van der Waals surface area contributed by atoms with Gasteiger partial charge in [0.2, 0.25) is 5.91 Å². The highest BCUT2D eigenvalue weighted by Crippen LogP contribution is 2.30. The lowest BCUT2D eigenvalue weighted by Crippen LogP contribution is -2.43. The number of amides is 2. The summed E-state index contributed by atoms with van der Waals surface area (Å²) in [6.45, 7) is 7.91. The van der Waals surface area contributed by atoms with Crippen LogP contribution in [0, 0.1) is 5.82 Å². The van der Waals surface area contributed by atoms with Gasteiger partial charge in [0, 0.05) is 12.1 Å². The number of benzene rings is 2. The SMILES string of the molecule is CC(C)N(C(=O)CSC1=N/C(=C\c2ccccc2)C(=O)N1c1ccc(F)cc1)C(C)C. The van der Waals surface area contributed by atoms with Crippen molar-refractivity contribution in [3.8, 4) is 0 Å². The quantitative estimate of drug-likeness (QED) is 0.599. The molecule has 0 saturated carbocycles. The smallest absolute Gasteiger partial charge is 0.283 e. The van der Waals surface area contributed by atoms with Crippen LogP contribution in [0.1, 0.15) is 33.3 Å². The molecule has 31 heavy (non-hydrogen) atoms. The summed E-state index contributed by atoms with van der Waals surface area (Å²) < 4.78 is 13.4. The molecule has 1 aliphatic rings. The number of amidine groups is 1. The Morgan fingerprint density at radius 3 is 2.26 bits per heavy atom. The lowest BCUT2D eigenvalue weighted by molar-refractivity contribution is -0.131. The zero-order valence-corrected chi connectivity index (χ0v) is 18.9. The molecule has 0 N–H and O–H groups in total. The Bertz CT molecular complexity index is 993. The van der Waals surface area contributed by atoms with Crippen molar-refractivity contribution < 1.29 is 14.0 Å². The second-order valence-electron chi connectivity index (χ2n) is 7.73. The minimum absolute atomic E-state index is 0.0234. The van der Waals surface area contributed by atoms with Crippen LogP contribution in [0.2, 0.25) is 0 Å². The van der Waals surface area contributed by atoms with Crippen LogP contribution in [0.5, 0.6) is 0 Å². The van der Waals surface area contributed by atoms with Gasteiger partial charge in [-0.3, -0.25) is 14.5 Å². The van der Waals surface area contributed by atoms with Gasteiger partial charge in [-0.25, -0.2) is 9.38 Å². The second-order valence-corrected chi connectivity index (χ2v) is 8.67. The first-order valence-corrected chi connectivity index (χ1v) is 11.2. The number of carbonyl (C=O) groups excluding carboxylic acids is 2. The largest absolute Gasteiger partial charge is 0.337 e. The van der Waals surface area contributed by atoms with Crippen molar-refractivity contribution in [3.05, 3.63) is 71.7 Å². The Morgan fingerprint density at radius 2 is 1.68 bits per heavy atom. The fraction of sp³-hybridized carbons (Fsp3) is 0.292. The lowest BCUT2D eigenvalue weighted by atomic mass is 10.2. The third kappa shape index (κ3) is 5.41. The average Bonchev–Trinajstić information content (AvgIpc) is 3.02. The summed E-state index contributed by atoms with van der Waals surface area (Å²) in [6, 6.07) is 15.2. The zero-order chi connectivity index (χ0) is 22.5. The van der Waals surface area contributed by atoms with Gasteiger partial charge in [-0.05, 0) is 63.6 Å². The molecule has 1 heterocycles. The zero-order valence-electron chi connectivity index (χ0n) is 18.1. The third-order valence-corrected chi connectivity index (χ3v) is 5.67. The van der Waals surface area contributed by atoms with Crippen molar-refractivity contribution in [2.45, 2.75) is 39.8 Å². The van der Waals surface area contributed by atoms with E-state index in [1.165, 1.54) is 40.9 Å². The fourth-order valence-corrected chi connectivity index (χ4v) is 4.37. The number of hydrogen-bond donors (Lipinski definition) is 0. The van der Waals surface area contributed by atoms with E-state index in [2.05, 4.69) is 4.99 Å². The maximum Gasteiger partial charge on any atom is 0.283 e. The molecular formula is C24H26FN3O2S. The molecule has 0 atom stereocenters. The van der Waals surface area contributed by atoms with Crippen LogP contribution in [-0.2, 0) is 9.59 Å². The van der Waals surface area contributed by atoms with Gasteiger partial charge in [0.05, 0.1) is 11.4 Å². The Kier molecular flexibility index (Phi) is 7.28. The molecule has 0 fully saturated rings. The summed E-state index contributed by atoms with van der Waals surface area (Å²) in [5.74, 6) is -0.570. The second kappa shape index (κ2) is 9.92. The van der Waals surface area contributed by atoms with Crippen molar-refractivity contribution in [3.63, 3.8) is 0 Å². The summed E-state index contributed by atoms with van der Waals surface area (Å²) >= 11 is 1.21. The van der Waals surface area contributed by atoms with Crippen molar-refractivity contribution in [1.29, 1.82) is 0 Å². The van der Waals surface area contributed by atoms with E-state index in [4.69, 9.17) is 0 Å². The van der Waals surface area contributed by atoms with Crippen molar-refractivity contribution in [1.82, 2.24) is 4.90 Å². The first-order valence-electron chi connectivity index (χ1n) is 10.2. The number of nitrogens with zero attached hydrogens (tertiary/aromatic N) is 3. The van der Waals surface area contributed by atoms with Gasteiger partial charge in [-0.15, -0.1) is 0 Å². The summed E-state index contributed by atoms with van der Waals surface area (Å²) in [6.07, 6.45) is 1.71. The molecule has 2 aromatic carbocycles. The number of carbonyl (C=O) groups is 2. The number of rotatable bonds is 6. The first kappa shape index (κ1) is 22.7. The highest BCUT2D eigenvalue weighted by atomic mass is 32.2. The van der Waals surface area contributed by atoms with Gasteiger partial charge in [0.25, 0.3) is 5.91 Å². The molecule has 0 unspecified atom stereocenters. The highest BCUT2D eigenvalue weighted by Gasteiger charge is 2.33. The van der Waals surface area contributed by atoms with E-state index >= 15 is 0 Å². The van der Waals surface area contributed by atoms with Crippen LogP contribution in [-0.4, -0.2) is 39.7 Å². The Labute approximate surface area is 186 Å². The number of thioether (sulfide) groups is 1. The van der Waals surface area contributed by atoms with Gasteiger partial charge >= 0.3 is 0 Å². The number of anilines is 1. The van der Waals surface area contributed by atoms with E-state index in [1.54, 1.807) is 6.08 Å². The molecule has 0 radical (unpaired) electrons. The van der Waals surface area contributed by atoms with E-state index < -0.39 is 0 Å². The molecule has 3 rings (SSSR count). The maximum absolute atomic E-state index is 13.4. The molecule has 162 valence electrons. The standard InChI is InChI=1S/C24H26FN3O2S/c1-16(2)27(17(3)4)22(29)15-31-24-26-21(14-18-8-6-5-7-9-18)23(30)28(24)20-12-10-19(25)11-13-20/h5-14,16-17H,15H2,1-4H3/b21-14-. The topological polar surface area (TPSA) is 53.0 Å². The van der Waals surface area contributed by atoms with Crippen LogP contribution >= 0.6 is 11.8 Å². The van der Waals surface area contributed by atoms with E-state index in [1.807, 2.05) is 62.9 Å². The highest BCUT2D eigenvalue weighted by molar-refractivity contribution is 8.14. The van der Waals surface area contributed by atoms with E-state index in [9.17, 15) is 14.0 Å². The van der Waals surface area contributed by atoms with Crippen LogP contribution < -0.4 is 4.90 Å². The fourth-order valence-electron chi connectivity index (χ4n) is 3.49. The van der Waals surface area contributed by atoms with Gasteiger partial charge in [-0.1, -0.05) is 42.1 Å². The van der Waals surface area contributed by atoms with Crippen LogP contribution in [0.15, 0.2) is 65.3 Å². The molecule has 5 nitrogen and oxygen atoms in total. The Morgan fingerprint density at radius 1 is 1.06 bits per heavy atom. The monoisotopic (exact) mass is 439 g/mol.